The fraction of sp³-hybridized carbons (Fsp3) is 0.600. The standard InChI is InChI=1S/C25H36O4/c1-17-19(15-18-7-5-12-25(2,3)13-6-8-18)9-4-10-21(17)24-23(28)22(27)16-20(29-24)11-14-26/h4-7,9-10,12-13,17,20-24,26-28H,8,11,14-16H2,1-3H3/t17?,20-,21?,22+,23-,24+/m1/s1. The Morgan fingerprint density at radius 2 is 1.93 bits per heavy atom. The summed E-state index contributed by atoms with van der Waals surface area (Å²) in [5.74, 6) is 0.204. The summed E-state index contributed by atoms with van der Waals surface area (Å²) in [6, 6.07) is 0. The molecule has 2 aliphatic carbocycles. The van der Waals surface area contributed by atoms with Gasteiger partial charge in [-0.2, -0.15) is 0 Å². The highest BCUT2D eigenvalue weighted by molar-refractivity contribution is 5.32. The quantitative estimate of drug-likeness (QED) is 0.613. The minimum absolute atomic E-state index is 0.000293. The molecule has 0 spiro atoms. The Morgan fingerprint density at radius 1 is 1.14 bits per heavy atom. The van der Waals surface area contributed by atoms with Crippen LogP contribution >= 0.6 is 0 Å². The Hall–Kier alpha value is -1.46. The largest absolute Gasteiger partial charge is 0.396 e. The molecule has 1 aliphatic heterocycles. The number of hydrogen-bond acceptors (Lipinski definition) is 4. The van der Waals surface area contributed by atoms with Gasteiger partial charge in [-0.25, -0.2) is 0 Å². The van der Waals surface area contributed by atoms with Crippen molar-refractivity contribution < 1.29 is 20.1 Å². The summed E-state index contributed by atoms with van der Waals surface area (Å²) in [5.41, 5.74) is 2.77. The molecule has 29 heavy (non-hydrogen) atoms. The summed E-state index contributed by atoms with van der Waals surface area (Å²) in [4.78, 5) is 0. The molecule has 3 N–H and O–H groups in total. The van der Waals surface area contributed by atoms with E-state index in [1.165, 1.54) is 11.1 Å². The first-order chi connectivity index (χ1) is 13.8. The van der Waals surface area contributed by atoms with Gasteiger partial charge >= 0.3 is 0 Å². The molecule has 3 aliphatic rings. The SMILES string of the molecule is CC1C(CC2=CC=CC(C)(C)C=CC2)=CC=CC1[C@@H]1O[C@H](CCO)C[C@H](O)[C@H]1O. The molecule has 1 fully saturated rings. The molecule has 0 bridgehead atoms. The molecule has 3 rings (SSSR count). The van der Waals surface area contributed by atoms with E-state index in [2.05, 4.69) is 69.4 Å². The van der Waals surface area contributed by atoms with E-state index in [1.54, 1.807) is 0 Å². The summed E-state index contributed by atoms with van der Waals surface area (Å²) in [6.07, 6.45) is 17.7. The zero-order chi connectivity index (χ0) is 21.0. The van der Waals surface area contributed by atoms with E-state index in [-0.39, 0.29) is 30.0 Å². The molecule has 4 heteroatoms. The fourth-order valence-corrected chi connectivity index (χ4v) is 4.58. The number of hydrogen-bond donors (Lipinski definition) is 3. The molecule has 1 heterocycles. The molecule has 0 saturated carbocycles. The molecule has 0 amide bonds. The second-order valence-corrected chi connectivity index (χ2v) is 9.31. The molecular formula is C25H36O4. The molecule has 0 aromatic heterocycles. The lowest BCUT2D eigenvalue weighted by Gasteiger charge is -2.43. The van der Waals surface area contributed by atoms with Crippen molar-refractivity contribution in [1.82, 2.24) is 0 Å². The molecule has 0 aromatic rings. The second-order valence-electron chi connectivity index (χ2n) is 9.31. The van der Waals surface area contributed by atoms with E-state index < -0.39 is 18.3 Å². The van der Waals surface area contributed by atoms with Gasteiger partial charge in [-0.05, 0) is 25.2 Å². The highest BCUT2D eigenvalue weighted by Gasteiger charge is 2.42. The van der Waals surface area contributed by atoms with Crippen LogP contribution in [0.15, 0.2) is 59.8 Å². The van der Waals surface area contributed by atoms with Gasteiger partial charge in [0.05, 0.1) is 18.3 Å². The smallest absolute Gasteiger partial charge is 0.107 e. The van der Waals surface area contributed by atoms with E-state index in [1.807, 2.05) is 0 Å². The van der Waals surface area contributed by atoms with Crippen molar-refractivity contribution in [2.75, 3.05) is 6.61 Å². The average Bonchev–Trinajstić information content (AvgIpc) is 2.65. The van der Waals surface area contributed by atoms with Gasteiger partial charge in [0.15, 0.2) is 0 Å². The van der Waals surface area contributed by atoms with Crippen LogP contribution in [0.25, 0.3) is 0 Å². The van der Waals surface area contributed by atoms with Crippen molar-refractivity contribution in [2.45, 2.75) is 70.9 Å². The molecule has 0 aromatic carbocycles. The van der Waals surface area contributed by atoms with Crippen LogP contribution in [0.5, 0.6) is 0 Å². The topological polar surface area (TPSA) is 69.9 Å². The Morgan fingerprint density at radius 3 is 2.69 bits per heavy atom. The Kier molecular flexibility index (Phi) is 7.33. The van der Waals surface area contributed by atoms with Crippen molar-refractivity contribution in [1.29, 1.82) is 0 Å². The maximum atomic E-state index is 10.6. The van der Waals surface area contributed by atoms with Crippen LogP contribution in [-0.2, 0) is 4.74 Å². The Balaban J connectivity index is 1.71. The fourth-order valence-electron chi connectivity index (χ4n) is 4.58. The van der Waals surface area contributed by atoms with Gasteiger partial charge in [0.2, 0.25) is 0 Å². The van der Waals surface area contributed by atoms with Crippen molar-refractivity contribution >= 4 is 0 Å². The maximum absolute atomic E-state index is 10.6. The number of ether oxygens (including phenoxy) is 1. The second kappa shape index (κ2) is 9.57. The van der Waals surface area contributed by atoms with Gasteiger partial charge < -0.3 is 20.1 Å². The van der Waals surface area contributed by atoms with E-state index in [4.69, 9.17) is 4.74 Å². The normalized spacial score (nSPS) is 36.9. The summed E-state index contributed by atoms with van der Waals surface area (Å²) >= 11 is 0. The van der Waals surface area contributed by atoms with E-state index >= 15 is 0 Å². The summed E-state index contributed by atoms with van der Waals surface area (Å²) in [5, 5.41) is 30.2. The summed E-state index contributed by atoms with van der Waals surface area (Å²) in [7, 11) is 0. The van der Waals surface area contributed by atoms with Gasteiger partial charge in [0.25, 0.3) is 0 Å². The summed E-state index contributed by atoms with van der Waals surface area (Å²) < 4.78 is 6.13. The van der Waals surface area contributed by atoms with Crippen LogP contribution in [0.1, 0.15) is 46.5 Å². The lowest BCUT2D eigenvalue weighted by atomic mass is 9.74. The van der Waals surface area contributed by atoms with E-state index in [9.17, 15) is 15.3 Å². The van der Waals surface area contributed by atoms with Crippen molar-refractivity contribution in [2.24, 2.45) is 17.3 Å². The zero-order valence-corrected chi connectivity index (χ0v) is 17.9. The number of allylic oxidation sites excluding steroid dienone is 9. The van der Waals surface area contributed by atoms with Gasteiger partial charge in [-0.3, -0.25) is 0 Å². The first-order valence-corrected chi connectivity index (χ1v) is 10.9. The maximum Gasteiger partial charge on any atom is 0.107 e. The third-order valence-corrected chi connectivity index (χ3v) is 6.44. The van der Waals surface area contributed by atoms with Crippen LogP contribution in [0.4, 0.5) is 0 Å². The Bertz CT molecular complexity index is 712. The molecule has 1 saturated heterocycles. The van der Waals surface area contributed by atoms with Crippen LogP contribution in [-0.4, -0.2) is 46.3 Å². The van der Waals surface area contributed by atoms with Crippen molar-refractivity contribution in [3.05, 3.63) is 59.8 Å². The third kappa shape index (κ3) is 5.58. The molecular weight excluding hydrogens is 364 g/mol. The predicted octanol–water partition coefficient (Wildman–Crippen LogP) is 3.86. The highest BCUT2D eigenvalue weighted by atomic mass is 16.5. The Labute approximate surface area is 175 Å². The van der Waals surface area contributed by atoms with Gasteiger partial charge in [0, 0.05) is 24.4 Å². The predicted molar refractivity (Wildman–Crippen MR) is 116 cm³/mol. The van der Waals surface area contributed by atoms with Gasteiger partial charge in [0.1, 0.15) is 6.10 Å². The molecule has 6 atom stereocenters. The summed E-state index contributed by atoms with van der Waals surface area (Å²) in [6.45, 7) is 6.60. The van der Waals surface area contributed by atoms with Gasteiger partial charge in [-0.15, -0.1) is 0 Å². The lowest BCUT2D eigenvalue weighted by molar-refractivity contribution is -0.186. The molecule has 4 nitrogen and oxygen atoms in total. The number of aliphatic hydroxyl groups excluding tert-OH is 3. The van der Waals surface area contributed by atoms with Crippen LogP contribution in [0, 0.1) is 17.3 Å². The molecule has 160 valence electrons. The van der Waals surface area contributed by atoms with Crippen LogP contribution in [0.2, 0.25) is 0 Å². The van der Waals surface area contributed by atoms with Crippen molar-refractivity contribution in [3.8, 4) is 0 Å². The third-order valence-electron chi connectivity index (χ3n) is 6.44. The monoisotopic (exact) mass is 400 g/mol. The average molecular weight is 401 g/mol. The minimum atomic E-state index is -0.907. The first kappa shape index (κ1) is 22.2. The molecule has 0 radical (unpaired) electrons. The highest BCUT2D eigenvalue weighted by Crippen LogP contribution is 2.38. The van der Waals surface area contributed by atoms with Gasteiger partial charge in [-0.1, -0.05) is 80.5 Å². The van der Waals surface area contributed by atoms with Crippen LogP contribution < -0.4 is 0 Å². The van der Waals surface area contributed by atoms with Crippen LogP contribution in [0.3, 0.4) is 0 Å². The minimum Gasteiger partial charge on any atom is -0.396 e. The van der Waals surface area contributed by atoms with E-state index in [0.717, 1.165) is 12.8 Å². The van der Waals surface area contributed by atoms with E-state index in [0.29, 0.717) is 12.8 Å². The zero-order valence-electron chi connectivity index (χ0n) is 17.9. The number of aliphatic hydroxyl groups is 3. The van der Waals surface area contributed by atoms with Crippen molar-refractivity contribution in [3.63, 3.8) is 0 Å². The lowest BCUT2D eigenvalue weighted by Crippen LogP contribution is -2.52. The number of rotatable bonds is 5. The first-order valence-electron chi connectivity index (χ1n) is 10.9. The molecule has 2 unspecified atom stereocenters.